The molecular weight excluding hydrogens is 1550 g/mol. The fourth-order valence-electron chi connectivity index (χ4n) is 23.8. The maximum atomic E-state index is 12.0. The van der Waals surface area contributed by atoms with Gasteiger partial charge < -0.3 is 61.0 Å². The SMILES string of the molecule is C.CC(C)(C)N1C(=O)CN2CCC1CC2.CC(C)(C)N1C2CCCC1CNC2.CC(C)(C)N1CC2CNC(C2)C1.CC(C)(C)N1CC2CNCC2CC1=O.CC(C)(C)N1CC2COCC(CC1=O)N2.CC(C)(C)N1CCC2COCC(C1)N2.CC(C)(C)N1CCCC2CCCN2C1.CC(C)(C)N1CCCC2CCNC2C1.CC(C)(C)N1CCN2CCC1CC2. The molecule has 13 unspecified atom stereocenters. The van der Waals surface area contributed by atoms with Crippen LogP contribution in [0.25, 0.3) is 0 Å². The van der Waals surface area contributed by atoms with Crippen molar-refractivity contribution in [3.63, 3.8) is 0 Å². The van der Waals surface area contributed by atoms with Crippen LogP contribution in [-0.2, 0) is 23.9 Å². The summed E-state index contributed by atoms with van der Waals surface area (Å²) in [5.41, 5.74) is 1.96. The number of nitrogens with one attached hydrogen (secondary N) is 6. The predicted octanol–water partition coefficient (Wildman–Crippen LogP) is 12.2. The zero-order valence-corrected chi connectivity index (χ0v) is 84.6. The monoisotopic (exact) mass is 1740 g/mol. The Labute approximate surface area is 761 Å². The van der Waals surface area contributed by atoms with Gasteiger partial charge in [-0.25, -0.2) is 0 Å². The van der Waals surface area contributed by atoms with Crippen LogP contribution in [0.4, 0.5) is 0 Å². The third-order valence-electron chi connectivity index (χ3n) is 30.7. The van der Waals surface area contributed by atoms with Crippen LogP contribution in [0.3, 0.4) is 0 Å². The van der Waals surface area contributed by atoms with E-state index in [-0.39, 0.29) is 36.0 Å². The zero-order valence-electron chi connectivity index (χ0n) is 84.6. The second-order valence-corrected chi connectivity index (χ2v) is 49.9. The molecule has 20 rings (SSSR count). The number of carbonyl (C=O) groups is 3. The highest BCUT2D eigenvalue weighted by Crippen LogP contribution is 2.37. The van der Waals surface area contributed by atoms with E-state index in [0.29, 0.717) is 101 Å². The molecule has 12 bridgehead atoms. The first-order valence-corrected chi connectivity index (χ1v) is 50.6. The Kier molecular flexibility index (Phi) is 38.4. The van der Waals surface area contributed by atoms with Crippen molar-refractivity contribution in [2.75, 3.05) is 184 Å². The van der Waals surface area contributed by atoms with Crippen LogP contribution in [0.5, 0.6) is 0 Å². The predicted molar refractivity (Wildman–Crippen MR) is 518 cm³/mol. The van der Waals surface area contributed by atoms with E-state index in [4.69, 9.17) is 9.47 Å². The van der Waals surface area contributed by atoms with Crippen LogP contribution in [-0.4, -0.2) is 376 Å². The van der Waals surface area contributed by atoms with E-state index in [2.05, 4.69) is 268 Å². The molecule has 20 fully saturated rings. The van der Waals surface area contributed by atoms with Gasteiger partial charge in [-0.1, -0.05) is 13.8 Å². The summed E-state index contributed by atoms with van der Waals surface area (Å²) in [5, 5.41) is 21.3. The minimum absolute atomic E-state index is 0. The molecule has 0 aromatic heterocycles. The lowest BCUT2D eigenvalue weighted by molar-refractivity contribution is -0.142. The van der Waals surface area contributed by atoms with E-state index in [9.17, 15) is 14.4 Å². The number of morpholine rings is 2. The number of likely N-dealkylation sites (tertiary alicyclic amines) is 3. The van der Waals surface area contributed by atoms with Gasteiger partial charge in [0, 0.05) is 214 Å². The third kappa shape index (κ3) is 31.2. The lowest BCUT2D eigenvalue weighted by Crippen LogP contribution is -2.65. The van der Waals surface area contributed by atoms with Gasteiger partial charge in [0.2, 0.25) is 17.7 Å². The van der Waals surface area contributed by atoms with Crippen LogP contribution < -0.4 is 31.9 Å². The van der Waals surface area contributed by atoms with Gasteiger partial charge in [0.05, 0.1) is 39.6 Å². The lowest BCUT2D eigenvalue weighted by Gasteiger charge is -2.53. The summed E-state index contributed by atoms with van der Waals surface area (Å²) in [5.74, 6) is 4.06. The molecule has 20 aliphatic rings. The molecule has 3 amide bonds. The summed E-state index contributed by atoms with van der Waals surface area (Å²) in [7, 11) is 0. The van der Waals surface area contributed by atoms with Crippen molar-refractivity contribution in [3.05, 3.63) is 0 Å². The Balaban J connectivity index is 0.000000158. The molecule has 20 heterocycles. The Bertz CT molecular complexity index is 3080. The molecule has 13 atom stereocenters. The highest BCUT2D eigenvalue weighted by molar-refractivity contribution is 5.80. The van der Waals surface area contributed by atoms with E-state index in [1.807, 2.05) is 9.80 Å². The van der Waals surface area contributed by atoms with Crippen LogP contribution in [0.1, 0.15) is 310 Å². The summed E-state index contributed by atoms with van der Waals surface area (Å²) in [6.07, 6.45) is 23.1. The fourth-order valence-corrected chi connectivity index (χ4v) is 23.8. The maximum absolute atomic E-state index is 12.0. The van der Waals surface area contributed by atoms with E-state index in [0.717, 1.165) is 133 Å². The number of amides is 3. The number of rotatable bonds is 0. The normalized spacial score (nSPS) is 34.2. The summed E-state index contributed by atoms with van der Waals surface area (Å²) >= 11 is 0. The number of hydrogen-bond acceptors (Lipinski definition) is 20. The molecule has 0 radical (unpaired) electrons. The second kappa shape index (κ2) is 45.2. The van der Waals surface area contributed by atoms with Crippen LogP contribution in [0.2, 0.25) is 0 Å². The smallest absolute Gasteiger partial charge is 0.237 e. The molecular formula is C101H198N18O5. The molecule has 722 valence electrons. The molecule has 20 saturated heterocycles. The van der Waals surface area contributed by atoms with Crippen LogP contribution >= 0.6 is 0 Å². The second-order valence-electron chi connectivity index (χ2n) is 49.9. The third-order valence-corrected chi connectivity index (χ3v) is 30.7. The Morgan fingerprint density at radius 1 is 0.331 bits per heavy atom. The Morgan fingerprint density at radius 2 is 0.839 bits per heavy atom. The van der Waals surface area contributed by atoms with Gasteiger partial charge in [-0.15, -0.1) is 0 Å². The highest BCUT2D eigenvalue weighted by Gasteiger charge is 2.46. The number of ether oxygens (including phenoxy) is 2. The Morgan fingerprint density at radius 3 is 1.42 bits per heavy atom. The summed E-state index contributed by atoms with van der Waals surface area (Å²) in [4.78, 5) is 65.6. The zero-order chi connectivity index (χ0) is 90.0. The molecule has 124 heavy (non-hydrogen) atoms. The number of fused-ring (bicyclic) bond motifs is 19. The topological polar surface area (TPSA) is 181 Å². The number of nitrogens with zero attached hydrogens (tertiary/aromatic N) is 12. The maximum Gasteiger partial charge on any atom is 0.237 e. The van der Waals surface area contributed by atoms with E-state index in [1.54, 1.807) is 0 Å². The first kappa shape index (κ1) is 105. The summed E-state index contributed by atoms with van der Waals surface area (Å²) in [6, 6.07) is 7.04. The van der Waals surface area contributed by atoms with Gasteiger partial charge in [-0.05, 0) is 366 Å². The minimum atomic E-state index is -0.0871. The molecule has 0 spiro atoms. The lowest BCUT2D eigenvalue weighted by atomic mass is 9.86. The van der Waals surface area contributed by atoms with Crippen molar-refractivity contribution in [2.45, 2.75) is 426 Å². The van der Waals surface area contributed by atoms with Crippen molar-refractivity contribution in [2.24, 2.45) is 23.7 Å². The van der Waals surface area contributed by atoms with Gasteiger partial charge in [0.1, 0.15) is 0 Å². The highest BCUT2D eigenvalue weighted by atomic mass is 16.5. The standard InChI is InChI=1S/2C12H24N2.C11H20N2O2.2C11H20N2O.C11H22N2O.2C11H22N2.C10H20N2.CH4/c1-12(2,3)14-9-5-7-11-6-4-8-13(11)10-14;1-12(2,3)14-8-4-5-10-6-7-13-11(10)9-14;1-11(2,3)13-5-9-7-15-6-8(12-9)4-10(13)14;1-11(2,3)13-7-9-6-12-5-8(9)4-10(13)14;1-11(2,3)13-9-4-6-12(7-5-9)8-10(13)14;1-11(2,3)13-5-4-9-7-14-8-10(6-13)12-9;1-11(2,3)13-9-8-12-6-4-10(13)5-7-12;1-11(2,3)13-9-5-4-6-10(13)8-12-7-9;1-10(2,3)12-6-8-4-9(7-12)11-5-8;/h11H,4-10H2,1-3H3;10-11,13H,4-9H2,1-3H3;8-9,12H,4-7H2,1-3H3;8-9,12H,4-7H2,1-3H3;9H,4-8H2,1-3H3;9-10,12H,4-8H2,1-3H3;10H,4-9H2,1-3H3;9-10,12H,4-8H2,1-3H3;8-9,11H,4-7H2,1-3H3;1H4. The first-order chi connectivity index (χ1) is 57.3. The van der Waals surface area contributed by atoms with E-state index >= 15 is 0 Å². The van der Waals surface area contributed by atoms with E-state index < -0.39 is 0 Å². The number of piperazine rings is 1. The van der Waals surface area contributed by atoms with Gasteiger partial charge in [0.15, 0.2) is 0 Å². The van der Waals surface area contributed by atoms with Crippen molar-refractivity contribution in [1.29, 1.82) is 0 Å². The molecule has 20 aliphatic heterocycles. The number of piperidine rings is 5. The average Bonchev–Trinajstić information content (AvgIpc) is 1.81. The first-order valence-electron chi connectivity index (χ1n) is 50.6. The van der Waals surface area contributed by atoms with Gasteiger partial charge in [-0.2, -0.15) is 0 Å². The molecule has 0 aromatic carbocycles. The van der Waals surface area contributed by atoms with Crippen LogP contribution in [0, 0.1) is 23.7 Å². The molecule has 6 N–H and O–H groups in total. The van der Waals surface area contributed by atoms with Crippen molar-refractivity contribution < 1.29 is 23.9 Å². The van der Waals surface area contributed by atoms with E-state index in [1.165, 1.54) is 195 Å². The number of carbonyl (C=O) groups excluding carboxylic acids is 3. The summed E-state index contributed by atoms with van der Waals surface area (Å²) < 4.78 is 11.1. The minimum Gasteiger partial charge on any atom is -0.378 e. The number of hydrogen-bond donors (Lipinski definition) is 6. The fraction of sp³-hybridized carbons (Fsp3) is 0.970. The summed E-state index contributed by atoms with van der Waals surface area (Å²) in [6.45, 7) is 92.1. The van der Waals surface area contributed by atoms with Gasteiger partial charge in [0.25, 0.3) is 0 Å². The average molecular weight is 1740 g/mol. The molecule has 0 aliphatic carbocycles. The Hall–Kier alpha value is -2.27. The van der Waals surface area contributed by atoms with Gasteiger partial charge in [-0.3, -0.25) is 53.6 Å². The van der Waals surface area contributed by atoms with Crippen molar-refractivity contribution >= 4 is 17.7 Å². The van der Waals surface area contributed by atoms with Crippen LogP contribution in [0.15, 0.2) is 0 Å². The van der Waals surface area contributed by atoms with Gasteiger partial charge >= 0.3 is 0 Å². The molecule has 23 nitrogen and oxygen atoms in total. The largest absolute Gasteiger partial charge is 0.378 e. The molecule has 0 saturated carbocycles. The quantitative estimate of drug-likeness (QED) is 0.135. The molecule has 0 aromatic rings. The van der Waals surface area contributed by atoms with Crippen molar-refractivity contribution in [1.82, 2.24) is 90.7 Å². The van der Waals surface area contributed by atoms with Crippen molar-refractivity contribution in [3.8, 4) is 0 Å². The molecule has 23 heteroatoms.